The Morgan fingerprint density at radius 3 is 2.36 bits per heavy atom. The van der Waals surface area contributed by atoms with Crippen molar-refractivity contribution < 1.29 is 22.1 Å². The monoisotopic (exact) mass is 326 g/mol. The molecule has 5 nitrogen and oxygen atoms in total. The Kier molecular flexibility index (Phi) is 5.97. The standard InChI is InChI=1S/C16H22O5S/c1-20-16(17)15-9-7-13(8-10-15)11-21-22(18,19)12-14-5-3-2-4-6-14/h2-6,13,15H,7-12H2,1H3. The van der Waals surface area contributed by atoms with E-state index in [0.717, 1.165) is 31.2 Å². The minimum absolute atomic E-state index is 0.0535. The molecule has 0 bridgehead atoms. The van der Waals surface area contributed by atoms with Gasteiger partial charge in [-0.1, -0.05) is 30.3 Å². The van der Waals surface area contributed by atoms with Crippen LogP contribution < -0.4 is 0 Å². The third kappa shape index (κ3) is 5.10. The molecule has 2 rings (SSSR count). The number of hydrogen-bond acceptors (Lipinski definition) is 5. The SMILES string of the molecule is COC(=O)C1CCC(COS(=O)(=O)Cc2ccccc2)CC1. The molecule has 0 unspecified atom stereocenters. The molecule has 0 atom stereocenters. The fraction of sp³-hybridized carbons (Fsp3) is 0.562. The van der Waals surface area contributed by atoms with Gasteiger partial charge in [-0.25, -0.2) is 0 Å². The molecule has 0 N–H and O–H groups in total. The van der Waals surface area contributed by atoms with Crippen LogP contribution in [0.4, 0.5) is 0 Å². The first-order valence-corrected chi connectivity index (χ1v) is 9.07. The Morgan fingerprint density at radius 2 is 1.77 bits per heavy atom. The molecule has 0 heterocycles. The normalized spacial score (nSPS) is 22.2. The second-order valence-electron chi connectivity index (χ2n) is 5.71. The van der Waals surface area contributed by atoms with E-state index in [1.54, 1.807) is 24.3 Å². The van der Waals surface area contributed by atoms with Crippen molar-refractivity contribution in [3.8, 4) is 0 Å². The van der Waals surface area contributed by atoms with Crippen LogP contribution in [0.1, 0.15) is 31.2 Å². The van der Waals surface area contributed by atoms with Crippen molar-refractivity contribution in [3.05, 3.63) is 35.9 Å². The van der Waals surface area contributed by atoms with Gasteiger partial charge in [0, 0.05) is 0 Å². The number of rotatable bonds is 6. The summed E-state index contributed by atoms with van der Waals surface area (Å²) in [4.78, 5) is 11.4. The predicted molar refractivity (Wildman–Crippen MR) is 82.5 cm³/mol. The fourth-order valence-electron chi connectivity index (χ4n) is 2.75. The molecule has 1 aliphatic rings. The van der Waals surface area contributed by atoms with E-state index in [9.17, 15) is 13.2 Å². The van der Waals surface area contributed by atoms with Crippen LogP contribution in [0.2, 0.25) is 0 Å². The number of ether oxygens (including phenoxy) is 1. The molecule has 0 saturated heterocycles. The number of hydrogen-bond donors (Lipinski definition) is 0. The van der Waals surface area contributed by atoms with E-state index in [2.05, 4.69) is 0 Å². The van der Waals surface area contributed by atoms with Gasteiger partial charge in [0.25, 0.3) is 10.1 Å². The molecule has 0 spiro atoms. The van der Waals surface area contributed by atoms with Gasteiger partial charge in [0.15, 0.2) is 0 Å². The molecule has 1 fully saturated rings. The van der Waals surface area contributed by atoms with Gasteiger partial charge in [0.1, 0.15) is 5.75 Å². The third-order valence-corrected chi connectivity index (χ3v) is 5.23. The average molecular weight is 326 g/mol. The number of carbonyl (C=O) groups excluding carboxylic acids is 1. The van der Waals surface area contributed by atoms with Crippen molar-refractivity contribution in [1.82, 2.24) is 0 Å². The Hall–Kier alpha value is -1.40. The second-order valence-corrected chi connectivity index (χ2v) is 7.35. The molecule has 0 radical (unpaired) electrons. The Morgan fingerprint density at radius 1 is 1.14 bits per heavy atom. The lowest BCUT2D eigenvalue weighted by Gasteiger charge is -2.26. The summed E-state index contributed by atoms with van der Waals surface area (Å²) in [6.45, 7) is 0.197. The summed E-state index contributed by atoms with van der Waals surface area (Å²) >= 11 is 0. The zero-order valence-electron chi connectivity index (χ0n) is 12.7. The average Bonchev–Trinajstić information content (AvgIpc) is 2.53. The van der Waals surface area contributed by atoms with Crippen molar-refractivity contribution >= 4 is 16.1 Å². The molecule has 1 aromatic rings. The number of methoxy groups -OCH3 is 1. The summed E-state index contributed by atoms with van der Waals surface area (Å²) in [5.41, 5.74) is 0.719. The van der Waals surface area contributed by atoms with Crippen LogP contribution in [-0.2, 0) is 29.6 Å². The van der Waals surface area contributed by atoms with Gasteiger partial charge in [-0.05, 0) is 37.2 Å². The Bertz CT molecular complexity index is 574. The van der Waals surface area contributed by atoms with Gasteiger partial charge in [-0.3, -0.25) is 8.98 Å². The van der Waals surface area contributed by atoms with Crippen LogP contribution in [0.25, 0.3) is 0 Å². The van der Waals surface area contributed by atoms with Gasteiger partial charge >= 0.3 is 5.97 Å². The molecule has 0 aliphatic heterocycles. The summed E-state index contributed by atoms with van der Waals surface area (Å²) in [7, 11) is -2.16. The van der Waals surface area contributed by atoms with Crippen LogP contribution in [0, 0.1) is 11.8 Å². The van der Waals surface area contributed by atoms with Crippen LogP contribution in [0.5, 0.6) is 0 Å². The van der Waals surface area contributed by atoms with Crippen LogP contribution in [-0.4, -0.2) is 28.1 Å². The molecule has 22 heavy (non-hydrogen) atoms. The minimum atomic E-state index is -3.56. The molecular weight excluding hydrogens is 304 g/mol. The zero-order chi connectivity index (χ0) is 16.0. The summed E-state index contributed by atoms with van der Waals surface area (Å²) in [6.07, 6.45) is 3.06. The minimum Gasteiger partial charge on any atom is -0.469 e. The lowest BCUT2D eigenvalue weighted by Crippen LogP contribution is -2.25. The lowest BCUT2D eigenvalue weighted by atomic mass is 9.82. The quantitative estimate of drug-likeness (QED) is 0.593. The van der Waals surface area contributed by atoms with Crippen LogP contribution in [0.15, 0.2) is 30.3 Å². The summed E-state index contributed by atoms with van der Waals surface area (Å²) < 4.78 is 33.8. The van der Waals surface area contributed by atoms with Crippen molar-refractivity contribution in [1.29, 1.82) is 0 Å². The van der Waals surface area contributed by atoms with Crippen molar-refractivity contribution in [3.63, 3.8) is 0 Å². The van der Waals surface area contributed by atoms with E-state index >= 15 is 0 Å². The molecule has 6 heteroatoms. The maximum atomic E-state index is 12.0. The van der Waals surface area contributed by atoms with Crippen molar-refractivity contribution in [2.75, 3.05) is 13.7 Å². The van der Waals surface area contributed by atoms with Crippen molar-refractivity contribution in [2.45, 2.75) is 31.4 Å². The van der Waals surface area contributed by atoms with Gasteiger partial charge < -0.3 is 4.74 Å². The molecule has 122 valence electrons. The summed E-state index contributed by atoms with van der Waals surface area (Å²) in [5, 5.41) is 0. The third-order valence-electron chi connectivity index (χ3n) is 4.05. The summed E-state index contributed by atoms with van der Waals surface area (Å²) in [6, 6.07) is 8.99. The number of carbonyl (C=O) groups is 1. The lowest BCUT2D eigenvalue weighted by molar-refractivity contribution is -0.146. The van der Waals surface area contributed by atoms with E-state index in [4.69, 9.17) is 8.92 Å². The highest BCUT2D eigenvalue weighted by atomic mass is 32.2. The summed E-state index contributed by atoms with van der Waals surface area (Å²) in [5.74, 6) is -0.143. The molecule has 0 amide bonds. The maximum Gasteiger partial charge on any atom is 0.308 e. The predicted octanol–water partition coefficient (Wildman–Crippen LogP) is 2.51. The smallest absolute Gasteiger partial charge is 0.308 e. The largest absolute Gasteiger partial charge is 0.469 e. The molecule has 1 aromatic carbocycles. The topological polar surface area (TPSA) is 69.7 Å². The first-order valence-electron chi connectivity index (χ1n) is 7.49. The Balaban J connectivity index is 1.77. The first-order chi connectivity index (χ1) is 10.5. The van der Waals surface area contributed by atoms with E-state index in [0.29, 0.717) is 0 Å². The highest BCUT2D eigenvalue weighted by molar-refractivity contribution is 7.85. The van der Waals surface area contributed by atoms with Gasteiger partial charge in [0.2, 0.25) is 0 Å². The molecule has 1 saturated carbocycles. The van der Waals surface area contributed by atoms with Gasteiger partial charge in [-0.15, -0.1) is 0 Å². The molecule has 0 aromatic heterocycles. The maximum absolute atomic E-state index is 12.0. The van der Waals surface area contributed by atoms with E-state index in [1.165, 1.54) is 7.11 Å². The van der Waals surface area contributed by atoms with E-state index < -0.39 is 10.1 Å². The molecular formula is C16H22O5S. The van der Waals surface area contributed by atoms with E-state index in [1.807, 2.05) is 6.07 Å². The van der Waals surface area contributed by atoms with Crippen LogP contribution in [0.3, 0.4) is 0 Å². The number of esters is 1. The van der Waals surface area contributed by atoms with Crippen LogP contribution >= 0.6 is 0 Å². The van der Waals surface area contributed by atoms with E-state index in [-0.39, 0.29) is 30.2 Å². The second kappa shape index (κ2) is 7.74. The first kappa shape index (κ1) is 17.0. The Labute approximate surface area is 131 Å². The zero-order valence-corrected chi connectivity index (χ0v) is 13.6. The highest BCUT2D eigenvalue weighted by Gasteiger charge is 2.28. The van der Waals surface area contributed by atoms with Gasteiger partial charge in [-0.2, -0.15) is 8.42 Å². The molecule has 1 aliphatic carbocycles. The highest BCUT2D eigenvalue weighted by Crippen LogP contribution is 2.30. The number of benzene rings is 1. The van der Waals surface area contributed by atoms with Crippen molar-refractivity contribution in [2.24, 2.45) is 11.8 Å². The van der Waals surface area contributed by atoms with Gasteiger partial charge in [0.05, 0.1) is 19.6 Å². The fourth-order valence-corrected chi connectivity index (χ4v) is 3.84.